The molecule has 3 aromatic carbocycles. The van der Waals surface area contributed by atoms with Crippen molar-refractivity contribution in [2.45, 2.75) is 13.2 Å². The Balaban J connectivity index is 1.67. The van der Waals surface area contributed by atoms with E-state index in [1.807, 2.05) is 48.5 Å². The summed E-state index contributed by atoms with van der Waals surface area (Å²) in [6.07, 6.45) is 0. The van der Waals surface area contributed by atoms with Crippen LogP contribution < -0.4 is 10.1 Å². The van der Waals surface area contributed by atoms with Crippen LogP contribution in [-0.4, -0.2) is 5.91 Å². The van der Waals surface area contributed by atoms with E-state index >= 15 is 0 Å². The second-order valence-electron chi connectivity index (χ2n) is 5.69. The van der Waals surface area contributed by atoms with Crippen LogP contribution >= 0.6 is 23.2 Å². The number of hydrogen-bond acceptors (Lipinski definition) is 2. The minimum Gasteiger partial charge on any atom is -0.488 e. The van der Waals surface area contributed by atoms with E-state index in [2.05, 4.69) is 5.32 Å². The summed E-state index contributed by atoms with van der Waals surface area (Å²) in [5.74, 6) is 0.315. The average Bonchev–Trinajstić information content (AvgIpc) is 2.67. The van der Waals surface area contributed by atoms with Crippen LogP contribution in [0.4, 0.5) is 0 Å². The van der Waals surface area contributed by atoms with Gasteiger partial charge in [0.25, 0.3) is 5.91 Å². The van der Waals surface area contributed by atoms with Gasteiger partial charge in [-0.05, 0) is 41.5 Å². The predicted octanol–water partition coefficient (Wildman–Crippen LogP) is 5.50. The van der Waals surface area contributed by atoms with Crippen LogP contribution in [0.5, 0.6) is 5.75 Å². The number of carbonyl (C=O) groups excluding carboxylic acids is 1. The monoisotopic (exact) mass is 385 g/mol. The van der Waals surface area contributed by atoms with Gasteiger partial charge in [0, 0.05) is 16.6 Å². The maximum Gasteiger partial charge on any atom is 0.255 e. The van der Waals surface area contributed by atoms with E-state index in [1.165, 1.54) is 0 Å². The number of ether oxygens (including phenoxy) is 1. The minimum atomic E-state index is -0.211. The van der Waals surface area contributed by atoms with Gasteiger partial charge in [-0.15, -0.1) is 0 Å². The van der Waals surface area contributed by atoms with Crippen LogP contribution in [0.2, 0.25) is 10.0 Å². The molecule has 1 N–H and O–H groups in total. The summed E-state index contributed by atoms with van der Waals surface area (Å²) in [6.45, 7) is 0.704. The molecule has 0 spiro atoms. The highest BCUT2D eigenvalue weighted by Crippen LogP contribution is 2.21. The average molecular weight is 386 g/mol. The quantitative estimate of drug-likeness (QED) is 0.607. The molecule has 0 saturated carbocycles. The van der Waals surface area contributed by atoms with Crippen LogP contribution in [-0.2, 0) is 13.2 Å². The first kappa shape index (κ1) is 18.3. The van der Waals surface area contributed by atoms with Crippen molar-refractivity contribution in [1.29, 1.82) is 0 Å². The highest BCUT2D eigenvalue weighted by Gasteiger charge is 2.12. The van der Waals surface area contributed by atoms with Gasteiger partial charge >= 0.3 is 0 Å². The summed E-state index contributed by atoms with van der Waals surface area (Å²) in [4.78, 5) is 12.6. The number of carbonyl (C=O) groups is 1. The third kappa shape index (κ3) is 4.78. The first-order valence-electron chi connectivity index (χ1n) is 8.11. The predicted molar refractivity (Wildman–Crippen MR) is 105 cm³/mol. The molecule has 132 valence electrons. The smallest absolute Gasteiger partial charge is 0.255 e. The minimum absolute atomic E-state index is 0.211. The molecule has 0 aliphatic rings. The van der Waals surface area contributed by atoms with Gasteiger partial charge in [-0.1, -0.05) is 65.7 Å². The summed E-state index contributed by atoms with van der Waals surface area (Å²) in [5.41, 5.74) is 2.32. The van der Waals surface area contributed by atoms with Gasteiger partial charge in [-0.25, -0.2) is 0 Å². The van der Waals surface area contributed by atoms with E-state index in [0.29, 0.717) is 34.5 Å². The topological polar surface area (TPSA) is 38.3 Å². The van der Waals surface area contributed by atoms with Crippen molar-refractivity contribution in [2.24, 2.45) is 0 Å². The first-order valence-corrected chi connectivity index (χ1v) is 8.87. The molecule has 3 aromatic rings. The van der Waals surface area contributed by atoms with Crippen LogP contribution in [0.3, 0.4) is 0 Å². The lowest BCUT2D eigenvalue weighted by atomic mass is 10.1. The molecule has 0 fully saturated rings. The lowest BCUT2D eigenvalue weighted by Gasteiger charge is -2.12. The molecule has 0 radical (unpaired) electrons. The van der Waals surface area contributed by atoms with E-state index in [-0.39, 0.29) is 5.91 Å². The van der Waals surface area contributed by atoms with Crippen LogP contribution in [0.25, 0.3) is 0 Å². The van der Waals surface area contributed by atoms with E-state index in [1.54, 1.807) is 24.3 Å². The number of benzene rings is 3. The Bertz CT molecular complexity index is 895. The van der Waals surface area contributed by atoms with Gasteiger partial charge in [0.1, 0.15) is 12.4 Å². The number of halogens is 2. The Hall–Kier alpha value is -2.49. The number of rotatable bonds is 6. The molecular formula is C21H17Cl2NO2. The van der Waals surface area contributed by atoms with E-state index in [4.69, 9.17) is 27.9 Å². The van der Waals surface area contributed by atoms with Crippen LogP contribution in [0.15, 0.2) is 72.8 Å². The number of para-hydroxylation sites is 1. The molecule has 0 unspecified atom stereocenters. The number of amides is 1. The van der Waals surface area contributed by atoms with Gasteiger partial charge in [0.15, 0.2) is 0 Å². The largest absolute Gasteiger partial charge is 0.488 e. The molecule has 0 aliphatic carbocycles. The van der Waals surface area contributed by atoms with Crippen molar-refractivity contribution in [3.05, 3.63) is 99.5 Å². The molecule has 0 aliphatic heterocycles. The zero-order chi connectivity index (χ0) is 18.4. The molecule has 1 amide bonds. The van der Waals surface area contributed by atoms with E-state index < -0.39 is 0 Å². The van der Waals surface area contributed by atoms with Crippen molar-refractivity contribution < 1.29 is 9.53 Å². The summed E-state index contributed by atoms with van der Waals surface area (Å²) < 4.78 is 5.83. The molecule has 0 bridgehead atoms. The molecule has 3 rings (SSSR count). The highest BCUT2D eigenvalue weighted by molar-refractivity contribution is 6.31. The molecule has 0 saturated heterocycles. The SMILES string of the molecule is O=C(NCc1ccccc1Cl)c1ccccc1OCc1ccc(Cl)cc1. The normalized spacial score (nSPS) is 10.4. The second kappa shape index (κ2) is 8.75. The lowest BCUT2D eigenvalue weighted by Crippen LogP contribution is -2.23. The molecule has 5 heteroatoms. The third-order valence-electron chi connectivity index (χ3n) is 3.84. The lowest BCUT2D eigenvalue weighted by molar-refractivity contribution is 0.0946. The maximum atomic E-state index is 12.6. The fourth-order valence-corrected chi connectivity index (χ4v) is 2.76. The third-order valence-corrected chi connectivity index (χ3v) is 4.46. The van der Waals surface area contributed by atoms with E-state index in [9.17, 15) is 4.79 Å². The fourth-order valence-electron chi connectivity index (χ4n) is 2.43. The van der Waals surface area contributed by atoms with Crippen molar-refractivity contribution in [3.8, 4) is 5.75 Å². The Morgan fingerprint density at radius 1 is 0.885 bits per heavy atom. The summed E-state index contributed by atoms with van der Waals surface area (Å²) in [5, 5.41) is 4.18. The van der Waals surface area contributed by atoms with E-state index in [0.717, 1.165) is 11.1 Å². The zero-order valence-electron chi connectivity index (χ0n) is 13.9. The van der Waals surface area contributed by atoms with Gasteiger partial charge in [-0.3, -0.25) is 4.79 Å². The fraction of sp³-hybridized carbons (Fsp3) is 0.0952. The van der Waals surface area contributed by atoms with Crippen molar-refractivity contribution in [2.75, 3.05) is 0 Å². The molecule has 3 nitrogen and oxygen atoms in total. The van der Waals surface area contributed by atoms with Crippen LogP contribution in [0.1, 0.15) is 21.5 Å². The zero-order valence-corrected chi connectivity index (χ0v) is 15.4. The first-order chi connectivity index (χ1) is 12.6. The second-order valence-corrected chi connectivity index (χ2v) is 6.53. The molecule has 0 heterocycles. The van der Waals surface area contributed by atoms with Gasteiger partial charge in [-0.2, -0.15) is 0 Å². The summed E-state index contributed by atoms with van der Waals surface area (Å²) in [7, 11) is 0. The van der Waals surface area contributed by atoms with Gasteiger partial charge in [0.05, 0.1) is 5.56 Å². The molecule has 0 atom stereocenters. The van der Waals surface area contributed by atoms with Gasteiger partial charge < -0.3 is 10.1 Å². The Morgan fingerprint density at radius 2 is 1.58 bits per heavy atom. The summed E-state index contributed by atoms with van der Waals surface area (Å²) >= 11 is 12.0. The molecule has 0 aromatic heterocycles. The molecule has 26 heavy (non-hydrogen) atoms. The maximum absolute atomic E-state index is 12.6. The number of hydrogen-bond donors (Lipinski definition) is 1. The Kier molecular flexibility index (Phi) is 6.16. The number of nitrogens with one attached hydrogen (secondary N) is 1. The molecular weight excluding hydrogens is 369 g/mol. The van der Waals surface area contributed by atoms with Crippen molar-refractivity contribution in [3.63, 3.8) is 0 Å². The Labute approximate surface area is 162 Å². The Morgan fingerprint density at radius 3 is 2.35 bits per heavy atom. The van der Waals surface area contributed by atoms with Crippen molar-refractivity contribution in [1.82, 2.24) is 5.32 Å². The van der Waals surface area contributed by atoms with Gasteiger partial charge in [0.2, 0.25) is 0 Å². The summed E-state index contributed by atoms with van der Waals surface area (Å²) in [6, 6.07) is 22.0. The standard InChI is InChI=1S/C21H17Cl2NO2/c22-17-11-9-15(10-12-17)14-26-20-8-4-2-6-18(20)21(25)24-13-16-5-1-3-7-19(16)23/h1-12H,13-14H2,(H,24,25). The van der Waals surface area contributed by atoms with Crippen LogP contribution in [0, 0.1) is 0 Å². The van der Waals surface area contributed by atoms with Crippen molar-refractivity contribution >= 4 is 29.1 Å². The highest BCUT2D eigenvalue weighted by atomic mass is 35.5.